The smallest absolute Gasteiger partial charge is 0.407 e. The van der Waals surface area contributed by atoms with Crippen LogP contribution in [0.5, 0.6) is 0 Å². The van der Waals surface area contributed by atoms with Crippen molar-refractivity contribution in [2.45, 2.75) is 91.8 Å². The molecule has 0 saturated carbocycles. The molecule has 0 spiro atoms. The third-order valence-electron chi connectivity index (χ3n) is 4.49. The van der Waals surface area contributed by atoms with Crippen molar-refractivity contribution in [2.24, 2.45) is 4.99 Å². The molecule has 0 aliphatic heterocycles. The second kappa shape index (κ2) is 14.5. The van der Waals surface area contributed by atoms with E-state index >= 15 is 0 Å². The van der Waals surface area contributed by atoms with Crippen LogP contribution >= 0.6 is 0 Å². The molecule has 0 aliphatic carbocycles. The standard InChI is InChI=1S/C21H45N5O2/c1-9-13-18(25-20(27)28-21(5,6)7)16-23-19(22-8)24-17(4)14-12-15-26(10-2)11-3/h17-18H,9-16H2,1-8H3,(H,25,27)(H2,22,23,24). The lowest BCUT2D eigenvalue weighted by atomic mass is 10.1. The van der Waals surface area contributed by atoms with Crippen LogP contribution in [-0.4, -0.2) is 67.9 Å². The second-order valence-corrected chi connectivity index (χ2v) is 8.30. The van der Waals surface area contributed by atoms with E-state index in [4.69, 9.17) is 4.74 Å². The lowest BCUT2D eigenvalue weighted by Gasteiger charge is -2.25. The highest BCUT2D eigenvalue weighted by atomic mass is 16.6. The minimum Gasteiger partial charge on any atom is -0.444 e. The number of nitrogens with one attached hydrogen (secondary N) is 3. The molecule has 3 N–H and O–H groups in total. The molecule has 0 fully saturated rings. The van der Waals surface area contributed by atoms with Gasteiger partial charge in [-0.1, -0.05) is 27.2 Å². The Morgan fingerprint density at radius 2 is 1.75 bits per heavy atom. The van der Waals surface area contributed by atoms with Crippen LogP contribution in [0.15, 0.2) is 4.99 Å². The summed E-state index contributed by atoms with van der Waals surface area (Å²) in [6.45, 7) is 18.2. The van der Waals surface area contributed by atoms with Gasteiger partial charge in [-0.05, 0) is 66.6 Å². The average molecular weight is 400 g/mol. The highest BCUT2D eigenvalue weighted by Gasteiger charge is 2.19. The van der Waals surface area contributed by atoms with Gasteiger partial charge in [-0.15, -0.1) is 0 Å². The van der Waals surface area contributed by atoms with E-state index in [1.54, 1.807) is 7.05 Å². The Bertz CT molecular complexity index is 445. The molecule has 0 aromatic rings. The molecule has 0 rings (SSSR count). The molecular weight excluding hydrogens is 354 g/mol. The summed E-state index contributed by atoms with van der Waals surface area (Å²) in [6.07, 6.45) is 3.73. The normalized spacial score (nSPS) is 14.5. The molecule has 0 radical (unpaired) electrons. The lowest BCUT2D eigenvalue weighted by molar-refractivity contribution is 0.0502. The highest BCUT2D eigenvalue weighted by molar-refractivity contribution is 5.80. The van der Waals surface area contributed by atoms with Gasteiger partial charge in [0.2, 0.25) is 0 Å². The van der Waals surface area contributed by atoms with Crippen LogP contribution in [0.3, 0.4) is 0 Å². The summed E-state index contributed by atoms with van der Waals surface area (Å²) in [6, 6.07) is 0.335. The van der Waals surface area contributed by atoms with E-state index < -0.39 is 5.60 Å². The first-order valence-electron chi connectivity index (χ1n) is 10.8. The summed E-state index contributed by atoms with van der Waals surface area (Å²) in [5.74, 6) is 0.766. The first-order valence-corrected chi connectivity index (χ1v) is 10.8. The van der Waals surface area contributed by atoms with Gasteiger partial charge in [0.1, 0.15) is 5.60 Å². The Morgan fingerprint density at radius 3 is 2.25 bits per heavy atom. The predicted octanol–water partition coefficient (Wildman–Crippen LogP) is 3.36. The van der Waals surface area contributed by atoms with Gasteiger partial charge in [0.25, 0.3) is 0 Å². The van der Waals surface area contributed by atoms with Crippen molar-refractivity contribution in [1.29, 1.82) is 0 Å². The molecule has 2 unspecified atom stereocenters. The predicted molar refractivity (Wildman–Crippen MR) is 119 cm³/mol. The Labute approximate surface area is 173 Å². The molecular formula is C21H45N5O2. The van der Waals surface area contributed by atoms with Gasteiger partial charge in [-0.2, -0.15) is 0 Å². The lowest BCUT2D eigenvalue weighted by Crippen LogP contribution is -2.49. The zero-order chi connectivity index (χ0) is 21.6. The van der Waals surface area contributed by atoms with Crippen LogP contribution in [0.4, 0.5) is 4.79 Å². The van der Waals surface area contributed by atoms with Gasteiger partial charge >= 0.3 is 6.09 Å². The highest BCUT2D eigenvalue weighted by Crippen LogP contribution is 2.07. The van der Waals surface area contributed by atoms with E-state index in [1.807, 2.05) is 20.8 Å². The van der Waals surface area contributed by atoms with Crippen molar-refractivity contribution >= 4 is 12.1 Å². The molecule has 0 bridgehead atoms. The van der Waals surface area contributed by atoms with Crippen LogP contribution in [0, 0.1) is 0 Å². The van der Waals surface area contributed by atoms with E-state index in [-0.39, 0.29) is 12.1 Å². The fourth-order valence-corrected chi connectivity index (χ4v) is 2.93. The zero-order valence-corrected chi connectivity index (χ0v) is 19.5. The molecule has 0 saturated heterocycles. The van der Waals surface area contributed by atoms with Crippen molar-refractivity contribution in [2.75, 3.05) is 33.2 Å². The number of hydrogen-bond acceptors (Lipinski definition) is 4. The molecule has 0 aliphatic rings. The number of amides is 1. The first-order chi connectivity index (χ1) is 13.1. The molecule has 2 atom stereocenters. The van der Waals surface area contributed by atoms with E-state index in [2.05, 4.69) is 53.5 Å². The molecule has 1 amide bonds. The molecule has 7 heteroatoms. The van der Waals surface area contributed by atoms with Crippen molar-refractivity contribution < 1.29 is 9.53 Å². The van der Waals surface area contributed by atoms with Crippen LogP contribution in [-0.2, 0) is 4.74 Å². The van der Waals surface area contributed by atoms with Gasteiger partial charge in [0.15, 0.2) is 5.96 Å². The summed E-state index contributed by atoms with van der Waals surface area (Å²) in [4.78, 5) is 18.8. The number of hydrogen-bond donors (Lipinski definition) is 3. The monoisotopic (exact) mass is 399 g/mol. The maximum absolute atomic E-state index is 12.0. The third-order valence-corrected chi connectivity index (χ3v) is 4.49. The molecule has 0 aromatic heterocycles. The fourth-order valence-electron chi connectivity index (χ4n) is 2.93. The Hall–Kier alpha value is -1.50. The Balaban J connectivity index is 4.40. The van der Waals surface area contributed by atoms with E-state index in [0.717, 1.165) is 51.3 Å². The number of nitrogens with zero attached hydrogens (tertiary/aromatic N) is 2. The Kier molecular flexibility index (Phi) is 13.7. The number of carbonyl (C=O) groups excluding carboxylic acids is 1. The van der Waals surface area contributed by atoms with Crippen LogP contribution in [0.25, 0.3) is 0 Å². The second-order valence-electron chi connectivity index (χ2n) is 8.30. The SMILES string of the molecule is CCCC(CNC(=NC)NC(C)CCCN(CC)CC)NC(=O)OC(C)(C)C. The van der Waals surface area contributed by atoms with Crippen molar-refractivity contribution in [3.63, 3.8) is 0 Å². The zero-order valence-electron chi connectivity index (χ0n) is 19.5. The number of rotatable bonds is 12. The van der Waals surface area contributed by atoms with Crippen LogP contribution in [0.2, 0.25) is 0 Å². The molecule has 0 heterocycles. The molecule has 166 valence electrons. The maximum atomic E-state index is 12.0. The molecule has 0 aromatic carbocycles. The quantitative estimate of drug-likeness (QED) is 0.346. The molecule has 28 heavy (non-hydrogen) atoms. The van der Waals surface area contributed by atoms with Crippen molar-refractivity contribution in [3.8, 4) is 0 Å². The van der Waals surface area contributed by atoms with Crippen LogP contribution < -0.4 is 16.0 Å². The molecule has 7 nitrogen and oxygen atoms in total. The van der Waals surface area contributed by atoms with E-state index in [0.29, 0.717) is 12.6 Å². The van der Waals surface area contributed by atoms with E-state index in [1.165, 1.54) is 0 Å². The van der Waals surface area contributed by atoms with Gasteiger partial charge in [-0.3, -0.25) is 4.99 Å². The number of aliphatic imine (C=N–C) groups is 1. The van der Waals surface area contributed by atoms with Crippen molar-refractivity contribution in [1.82, 2.24) is 20.9 Å². The minimum atomic E-state index is -0.494. The largest absolute Gasteiger partial charge is 0.444 e. The number of alkyl carbamates (subject to hydrolysis) is 1. The fraction of sp³-hybridized carbons (Fsp3) is 0.905. The number of guanidine groups is 1. The van der Waals surface area contributed by atoms with E-state index in [9.17, 15) is 4.79 Å². The third kappa shape index (κ3) is 13.6. The van der Waals surface area contributed by atoms with Gasteiger partial charge in [0, 0.05) is 25.7 Å². The number of carbonyl (C=O) groups is 1. The van der Waals surface area contributed by atoms with Crippen molar-refractivity contribution in [3.05, 3.63) is 0 Å². The van der Waals surface area contributed by atoms with Crippen LogP contribution in [0.1, 0.15) is 74.1 Å². The summed E-state index contributed by atoms with van der Waals surface area (Å²) in [5, 5.41) is 9.73. The topological polar surface area (TPSA) is 78.0 Å². The summed E-state index contributed by atoms with van der Waals surface area (Å²) in [5.41, 5.74) is -0.494. The van der Waals surface area contributed by atoms with Gasteiger partial charge < -0.3 is 25.6 Å². The van der Waals surface area contributed by atoms with Gasteiger partial charge in [0.05, 0.1) is 0 Å². The Morgan fingerprint density at radius 1 is 1.11 bits per heavy atom. The maximum Gasteiger partial charge on any atom is 0.407 e. The summed E-state index contributed by atoms with van der Waals surface area (Å²) >= 11 is 0. The van der Waals surface area contributed by atoms with Gasteiger partial charge in [-0.25, -0.2) is 4.79 Å². The average Bonchev–Trinajstić information content (AvgIpc) is 2.60. The summed E-state index contributed by atoms with van der Waals surface area (Å²) < 4.78 is 5.37. The summed E-state index contributed by atoms with van der Waals surface area (Å²) in [7, 11) is 1.77. The minimum absolute atomic E-state index is 0.00336. The number of ether oxygens (including phenoxy) is 1. The first kappa shape index (κ1) is 26.5.